The number of ether oxygens (including phenoxy) is 1. The van der Waals surface area contributed by atoms with E-state index in [1.165, 1.54) is 19.2 Å². The number of carbonyl (C=O) groups excluding carboxylic acids is 1. The second kappa shape index (κ2) is 8.08. The van der Waals surface area contributed by atoms with Crippen molar-refractivity contribution in [1.29, 1.82) is 0 Å². The van der Waals surface area contributed by atoms with Gasteiger partial charge in [0.2, 0.25) is 5.91 Å². The van der Waals surface area contributed by atoms with Gasteiger partial charge in [0.25, 0.3) is 11.1 Å². The van der Waals surface area contributed by atoms with Gasteiger partial charge >= 0.3 is 0 Å². The zero-order chi connectivity index (χ0) is 20.3. The van der Waals surface area contributed by atoms with Gasteiger partial charge in [-0.25, -0.2) is 9.07 Å². The smallest absolute Gasteiger partial charge is 0.273 e. The minimum atomic E-state index is -0.513. The second-order valence-corrected chi connectivity index (χ2v) is 6.38. The molecule has 1 unspecified atom stereocenters. The summed E-state index contributed by atoms with van der Waals surface area (Å²) in [6.07, 6.45) is -0.0167. The number of fused-ring (bicyclic) bond motifs is 1. The Morgan fingerprint density at radius 1 is 1.21 bits per heavy atom. The Hall–Kier alpha value is -3.42. The fraction of sp³-hybridized carbons (Fsp3) is 0.250. The molecule has 1 heterocycles. The normalized spacial score (nSPS) is 12.0. The van der Waals surface area contributed by atoms with Crippen LogP contribution in [0.3, 0.4) is 0 Å². The van der Waals surface area contributed by atoms with Gasteiger partial charge in [-0.05, 0) is 36.8 Å². The molecule has 0 aliphatic heterocycles. The summed E-state index contributed by atoms with van der Waals surface area (Å²) in [5.74, 6) is -0.715. The molecule has 7 nitrogen and oxygen atoms in total. The fourth-order valence-corrected chi connectivity index (χ4v) is 2.97. The van der Waals surface area contributed by atoms with E-state index in [1.54, 1.807) is 37.3 Å². The highest BCUT2D eigenvalue weighted by Crippen LogP contribution is 2.21. The van der Waals surface area contributed by atoms with Crippen molar-refractivity contribution in [2.75, 3.05) is 7.11 Å². The summed E-state index contributed by atoms with van der Waals surface area (Å²) in [6.45, 7) is 1.75. The summed E-state index contributed by atoms with van der Waals surface area (Å²) in [5, 5.41) is 5.84. The molecule has 1 atom stereocenters. The summed E-state index contributed by atoms with van der Waals surface area (Å²) in [4.78, 5) is 36.8. The number of hydrogen-bond donors (Lipinski definition) is 2. The van der Waals surface area contributed by atoms with Crippen molar-refractivity contribution in [2.24, 2.45) is 0 Å². The maximum atomic E-state index is 13.8. The van der Waals surface area contributed by atoms with Gasteiger partial charge in [-0.3, -0.25) is 19.5 Å². The number of H-pyrrole nitrogens is 1. The van der Waals surface area contributed by atoms with Gasteiger partial charge in [0, 0.05) is 6.42 Å². The first kappa shape index (κ1) is 19.3. The zero-order valence-electron chi connectivity index (χ0n) is 15.5. The van der Waals surface area contributed by atoms with Gasteiger partial charge in [0.05, 0.1) is 30.5 Å². The zero-order valence-corrected chi connectivity index (χ0v) is 15.5. The molecular weight excluding hydrogens is 365 g/mol. The second-order valence-electron chi connectivity index (χ2n) is 6.38. The minimum absolute atomic E-state index is 0.0167. The molecule has 0 radical (unpaired) electrons. The van der Waals surface area contributed by atoms with Crippen LogP contribution in [0, 0.1) is 5.82 Å². The van der Waals surface area contributed by atoms with Crippen molar-refractivity contribution in [2.45, 2.75) is 25.9 Å². The lowest BCUT2D eigenvalue weighted by molar-refractivity contribution is -0.122. The van der Waals surface area contributed by atoms with Gasteiger partial charge in [-0.1, -0.05) is 18.2 Å². The Bertz CT molecular complexity index is 1140. The lowest BCUT2D eigenvalue weighted by atomic mass is 10.1. The van der Waals surface area contributed by atoms with Crippen LogP contribution in [0.4, 0.5) is 4.39 Å². The summed E-state index contributed by atoms with van der Waals surface area (Å²) in [5.41, 5.74) is -0.172. The molecule has 146 valence electrons. The molecule has 0 saturated heterocycles. The summed E-state index contributed by atoms with van der Waals surface area (Å²) < 4.78 is 19.8. The molecule has 0 aliphatic rings. The molecule has 3 rings (SSSR count). The Balaban J connectivity index is 1.68. The molecule has 8 heteroatoms. The molecule has 0 fully saturated rings. The van der Waals surface area contributed by atoms with Crippen LogP contribution in [0.25, 0.3) is 10.8 Å². The first-order valence-electron chi connectivity index (χ1n) is 8.75. The van der Waals surface area contributed by atoms with Crippen molar-refractivity contribution >= 4 is 16.7 Å². The van der Waals surface area contributed by atoms with Crippen LogP contribution in [-0.2, 0) is 11.3 Å². The quantitative estimate of drug-likeness (QED) is 0.680. The van der Waals surface area contributed by atoms with Crippen LogP contribution in [0.1, 0.15) is 24.9 Å². The molecule has 2 aromatic carbocycles. The van der Waals surface area contributed by atoms with E-state index >= 15 is 0 Å². The first-order chi connectivity index (χ1) is 13.4. The van der Waals surface area contributed by atoms with Gasteiger partial charge in [-0.2, -0.15) is 0 Å². The number of benzene rings is 2. The highest BCUT2D eigenvalue weighted by atomic mass is 19.1. The first-order valence-corrected chi connectivity index (χ1v) is 8.75. The Labute approximate surface area is 159 Å². The number of nitrogens with zero attached hydrogens (tertiary/aromatic N) is 1. The molecule has 0 spiro atoms. The largest absolute Gasteiger partial charge is 0.494 e. The Morgan fingerprint density at radius 3 is 2.61 bits per heavy atom. The van der Waals surface area contributed by atoms with Crippen LogP contribution in [0.5, 0.6) is 5.75 Å². The maximum absolute atomic E-state index is 13.8. The van der Waals surface area contributed by atoms with Crippen LogP contribution in [0.2, 0.25) is 0 Å². The van der Waals surface area contributed by atoms with E-state index in [4.69, 9.17) is 4.74 Å². The standard InChI is InChI=1S/C20H20FN3O4/c1-12(13-7-8-17(28-2)16(21)11-13)22-18(25)9-10-24-20(27)15-6-4-3-5-14(15)19(26)23-24/h3-8,11-12H,9-10H2,1-2H3,(H,22,25)(H,23,26). The fourth-order valence-electron chi connectivity index (χ4n) is 2.97. The van der Waals surface area contributed by atoms with Crippen molar-refractivity contribution in [3.63, 3.8) is 0 Å². The third-order valence-corrected chi connectivity index (χ3v) is 4.50. The predicted molar refractivity (Wildman–Crippen MR) is 103 cm³/mol. The van der Waals surface area contributed by atoms with Gasteiger partial charge in [0.15, 0.2) is 11.6 Å². The van der Waals surface area contributed by atoms with Crippen LogP contribution >= 0.6 is 0 Å². The topological polar surface area (TPSA) is 93.2 Å². The molecule has 0 bridgehead atoms. The number of carbonyl (C=O) groups is 1. The average molecular weight is 385 g/mol. The van der Waals surface area contributed by atoms with Crippen LogP contribution in [0.15, 0.2) is 52.1 Å². The van der Waals surface area contributed by atoms with E-state index < -0.39 is 17.4 Å². The summed E-state index contributed by atoms with van der Waals surface area (Å²) in [7, 11) is 1.38. The molecule has 3 aromatic rings. The molecule has 28 heavy (non-hydrogen) atoms. The van der Waals surface area contributed by atoms with Gasteiger partial charge in [0.1, 0.15) is 0 Å². The van der Waals surface area contributed by atoms with E-state index in [9.17, 15) is 18.8 Å². The van der Waals surface area contributed by atoms with E-state index in [-0.39, 0.29) is 30.2 Å². The highest BCUT2D eigenvalue weighted by molar-refractivity contribution is 5.80. The van der Waals surface area contributed by atoms with E-state index in [0.717, 1.165) is 4.68 Å². The van der Waals surface area contributed by atoms with E-state index in [0.29, 0.717) is 16.3 Å². The van der Waals surface area contributed by atoms with Crippen molar-refractivity contribution in [3.8, 4) is 5.75 Å². The lowest BCUT2D eigenvalue weighted by Crippen LogP contribution is -2.33. The lowest BCUT2D eigenvalue weighted by Gasteiger charge is -2.15. The number of methoxy groups -OCH3 is 1. The van der Waals surface area contributed by atoms with Crippen molar-refractivity contribution < 1.29 is 13.9 Å². The maximum Gasteiger partial charge on any atom is 0.273 e. The number of aromatic amines is 1. The Morgan fingerprint density at radius 2 is 1.93 bits per heavy atom. The number of rotatable bonds is 6. The number of aromatic nitrogens is 2. The number of hydrogen-bond acceptors (Lipinski definition) is 4. The third kappa shape index (κ3) is 3.95. The number of aryl methyl sites for hydroxylation is 1. The Kier molecular flexibility index (Phi) is 5.58. The van der Waals surface area contributed by atoms with Gasteiger partial charge < -0.3 is 10.1 Å². The molecule has 2 N–H and O–H groups in total. The van der Waals surface area contributed by atoms with E-state index in [1.807, 2.05) is 0 Å². The van der Waals surface area contributed by atoms with Crippen molar-refractivity contribution in [1.82, 2.24) is 15.1 Å². The molecule has 0 aliphatic carbocycles. The van der Waals surface area contributed by atoms with E-state index in [2.05, 4.69) is 10.4 Å². The molecule has 0 saturated carbocycles. The molecule has 1 amide bonds. The monoisotopic (exact) mass is 385 g/mol. The van der Waals surface area contributed by atoms with Gasteiger partial charge in [-0.15, -0.1) is 0 Å². The number of nitrogens with one attached hydrogen (secondary N) is 2. The summed E-state index contributed by atoms with van der Waals surface area (Å²) >= 11 is 0. The molecule has 1 aromatic heterocycles. The summed E-state index contributed by atoms with van der Waals surface area (Å²) in [6, 6.07) is 10.5. The third-order valence-electron chi connectivity index (χ3n) is 4.50. The van der Waals surface area contributed by atoms with Crippen LogP contribution in [-0.4, -0.2) is 22.8 Å². The molecular formula is C20H20FN3O4. The minimum Gasteiger partial charge on any atom is -0.494 e. The number of amides is 1. The average Bonchev–Trinajstić information content (AvgIpc) is 2.69. The SMILES string of the molecule is COc1ccc(C(C)NC(=O)CCn2[nH]c(=O)c3ccccc3c2=O)cc1F. The highest BCUT2D eigenvalue weighted by Gasteiger charge is 2.13. The number of halogens is 1. The van der Waals surface area contributed by atoms with Crippen molar-refractivity contribution in [3.05, 3.63) is 74.6 Å². The predicted octanol–water partition coefficient (Wildman–Crippen LogP) is 2.10. The van der Waals surface area contributed by atoms with Crippen LogP contribution < -0.4 is 21.2 Å².